The quantitative estimate of drug-likeness (QED) is 0.622. The van der Waals surface area contributed by atoms with Crippen molar-refractivity contribution in [2.45, 2.75) is 77.5 Å². The molecular weight excluding hydrogens is 392 g/mol. The van der Waals surface area contributed by atoms with Gasteiger partial charge in [0.25, 0.3) is 0 Å². The molecule has 2 fully saturated rings. The summed E-state index contributed by atoms with van der Waals surface area (Å²) < 4.78 is 18.3. The summed E-state index contributed by atoms with van der Waals surface area (Å²) in [6.45, 7) is 8.71. The van der Waals surface area contributed by atoms with Crippen molar-refractivity contribution in [3.05, 3.63) is 47.7 Å². The van der Waals surface area contributed by atoms with Gasteiger partial charge in [0.15, 0.2) is 0 Å². The van der Waals surface area contributed by atoms with Crippen LogP contribution in [-0.4, -0.2) is 29.1 Å². The van der Waals surface area contributed by atoms with Crippen molar-refractivity contribution in [1.82, 2.24) is 4.90 Å². The minimum atomic E-state index is -1.58. The van der Waals surface area contributed by atoms with Gasteiger partial charge in [0, 0.05) is 6.42 Å². The van der Waals surface area contributed by atoms with Crippen LogP contribution in [-0.2, 0) is 14.2 Å². The summed E-state index contributed by atoms with van der Waals surface area (Å²) in [6, 6.07) is 11.2. The second-order valence-electron chi connectivity index (χ2n) is 9.56. The average Bonchev–Trinajstić information content (AvgIpc) is 3.03. The number of nitrogens with zero attached hydrogens (tertiary/aromatic N) is 2. The van der Waals surface area contributed by atoms with Gasteiger partial charge in [-0.1, -0.05) is 51.1 Å². The smallest absolute Gasteiger partial charge is 0.416 e. The molecule has 1 aromatic rings. The van der Waals surface area contributed by atoms with Crippen LogP contribution in [0.4, 0.5) is 4.79 Å². The average molecular weight is 425 g/mol. The maximum absolute atomic E-state index is 13.1. The lowest BCUT2D eigenvalue weighted by molar-refractivity contribution is -0.361. The van der Waals surface area contributed by atoms with Gasteiger partial charge in [0.2, 0.25) is 5.76 Å². The largest absolute Gasteiger partial charge is 0.418 e. The molecule has 0 radical (unpaired) electrons. The molecule has 2 aliphatic heterocycles. The number of benzene rings is 1. The summed E-state index contributed by atoms with van der Waals surface area (Å²) in [7, 11) is 0. The zero-order chi connectivity index (χ0) is 22.2. The highest BCUT2D eigenvalue weighted by atomic mass is 16.9. The van der Waals surface area contributed by atoms with E-state index in [1.807, 2.05) is 37.3 Å². The molecule has 4 unspecified atom stereocenters. The van der Waals surface area contributed by atoms with Gasteiger partial charge in [-0.2, -0.15) is 5.26 Å². The molecule has 0 N–H and O–H groups in total. The van der Waals surface area contributed by atoms with E-state index in [1.165, 1.54) is 6.42 Å². The van der Waals surface area contributed by atoms with Crippen LogP contribution < -0.4 is 0 Å². The molecule has 1 amide bonds. The molecule has 2 heterocycles. The van der Waals surface area contributed by atoms with Crippen LogP contribution >= 0.6 is 0 Å². The van der Waals surface area contributed by atoms with Crippen molar-refractivity contribution >= 4 is 6.09 Å². The molecule has 6 nitrogen and oxygen atoms in total. The SMILES string of the molecule is CC(C)[C@H]1CC(OC23OC(=O)N(C(C)c4ccccc4)C2CC=C(C#N)O3)C[C@H](C)C1. The Morgan fingerprint density at radius 3 is 2.58 bits per heavy atom. The molecule has 1 aliphatic carbocycles. The van der Waals surface area contributed by atoms with E-state index in [1.54, 1.807) is 11.0 Å². The molecule has 1 saturated heterocycles. The van der Waals surface area contributed by atoms with E-state index >= 15 is 0 Å². The van der Waals surface area contributed by atoms with Crippen molar-refractivity contribution in [3.63, 3.8) is 0 Å². The molecule has 6 heteroatoms. The molecule has 166 valence electrons. The molecule has 1 aromatic carbocycles. The fourth-order valence-corrected chi connectivity index (χ4v) is 5.28. The Morgan fingerprint density at radius 2 is 1.90 bits per heavy atom. The third-order valence-electron chi connectivity index (χ3n) is 6.98. The van der Waals surface area contributed by atoms with Crippen molar-refractivity contribution in [2.24, 2.45) is 17.8 Å². The number of amides is 1. The van der Waals surface area contributed by atoms with Gasteiger partial charge in [-0.15, -0.1) is 0 Å². The molecule has 6 atom stereocenters. The number of hydrogen-bond acceptors (Lipinski definition) is 5. The van der Waals surface area contributed by atoms with Gasteiger partial charge < -0.3 is 14.2 Å². The predicted octanol–water partition coefficient (Wildman–Crippen LogP) is 5.53. The van der Waals surface area contributed by atoms with E-state index in [0.717, 1.165) is 18.4 Å². The molecule has 0 spiro atoms. The summed E-state index contributed by atoms with van der Waals surface area (Å²) in [4.78, 5) is 14.8. The van der Waals surface area contributed by atoms with Gasteiger partial charge in [0.05, 0.1) is 12.1 Å². The van der Waals surface area contributed by atoms with Crippen molar-refractivity contribution in [1.29, 1.82) is 5.26 Å². The van der Waals surface area contributed by atoms with E-state index in [0.29, 0.717) is 24.2 Å². The van der Waals surface area contributed by atoms with Crippen molar-refractivity contribution in [3.8, 4) is 6.07 Å². The summed E-state index contributed by atoms with van der Waals surface area (Å²) in [5.74, 6) is 0.192. The number of ether oxygens (including phenoxy) is 3. The first-order valence-corrected chi connectivity index (χ1v) is 11.4. The monoisotopic (exact) mass is 424 g/mol. The van der Waals surface area contributed by atoms with Crippen LogP contribution in [0.2, 0.25) is 0 Å². The zero-order valence-electron chi connectivity index (χ0n) is 18.8. The Labute approximate surface area is 184 Å². The molecule has 1 saturated carbocycles. The third-order valence-corrected chi connectivity index (χ3v) is 6.98. The summed E-state index contributed by atoms with van der Waals surface area (Å²) in [5.41, 5.74) is 1.01. The second-order valence-corrected chi connectivity index (χ2v) is 9.56. The number of hydrogen-bond donors (Lipinski definition) is 0. The highest BCUT2D eigenvalue weighted by Crippen LogP contribution is 2.46. The maximum atomic E-state index is 13.1. The number of nitriles is 1. The Morgan fingerprint density at radius 1 is 1.16 bits per heavy atom. The Hall–Kier alpha value is -2.52. The standard InChI is InChI=1S/C25H32N2O4/c1-16(2)20-12-17(3)13-22(14-20)30-25-23(11-10-21(15-26)29-25)27(24(28)31-25)18(4)19-8-6-5-7-9-19/h5-10,16-18,20,22-23H,11-14H2,1-4H3/t17-,18?,20-,22?,23?,25?/m1/s1. The van der Waals surface area contributed by atoms with Gasteiger partial charge in [-0.05, 0) is 55.6 Å². The Bertz CT molecular complexity index is 877. The number of carbonyl (C=O) groups excluding carboxylic acids is 1. The van der Waals surface area contributed by atoms with Crippen LogP contribution in [0.5, 0.6) is 0 Å². The van der Waals surface area contributed by atoms with E-state index in [2.05, 4.69) is 26.8 Å². The van der Waals surface area contributed by atoms with E-state index in [9.17, 15) is 10.1 Å². The lowest BCUT2D eigenvalue weighted by atomic mass is 9.75. The highest BCUT2D eigenvalue weighted by molar-refractivity contribution is 5.72. The van der Waals surface area contributed by atoms with Gasteiger partial charge in [0.1, 0.15) is 12.1 Å². The Balaban J connectivity index is 1.63. The minimum absolute atomic E-state index is 0.0866. The molecule has 31 heavy (non-hydrogen) atoms. The lowest BCUT2D eigenvalue weighted by Gasteiger charge is -2.42. The van der Waals surface area contributed by atoms with E-state index < -0.39 is 18.1 Å². The normalized spacial score (nSPS) is 33.7. The number of allylic oxidation sites excluding steroid dienone is 1. The predicted molar refractivity (Wildman–Crippen MR) is 115 cm³/mol. The first kappa shape index (κ1) is 21.7. The van der Waals surface area contributed by atoms with Crippen molar-refractivity contribution in [2.75, 3.05) is 0 Å². The fraction of sp³-hybridized carbons (Fsp3) is 0.600. The fourth-order valence-electron chi connectivity index (χ4n) is 5.28. The summed E-state index contributed by atoms with van der Waals surface area (Å²) >= 11 is 0. The van der Waals surface area contributed by atoms with Gasteiger partial charge in [-0.25, -0.2) is 4.79 Å². The van der Waals surface area contributed by atoms with Crippen LogP contribution in [0.15, 0.2) is 42.2 Å². The topological polar surface area (TPSA) is 71.8 Å². The Kier molecular flexibility index (Phi) is 5.98. The summed E-state index contributed by atoms with van der Waals surface area (Å²) in [5, 5.41) is 9.45. The van der Waals surface area contributed by atoms with Crippen LogP contribution in [0.25, 0.3) is 0 Å². The first-order chi connectivity index (χ1) is 14.8. The maximum Gasteiger partial charge on any atom is 0.416 e. The molecule has 4 rings (SSSR count). The minimum Gasteiger partial charge on any atom is -0.418 e. The number of fused-ring (bicyclic) bond motifs is 1. The number of rotatable bonds is 5. The van der Waals surface area contributed by atoms with Crippen LogP contribution in [0, 0.1) is 29.1 Å². The second kappa shape index (κ2) is 8.55. The van der Waals surface area contributed by atoms with Crippen molar-refractivity contribution < 1.29 is 19.0 Å². The third kappa shape index (κ3) is 4.16. The molecule has 0 bridgehead atoms. The zero-order valence-corrected chi connectivity index (χ0v) is 18.8. The molecule has 3 aliphatic rings. The lowest BCUT2D eigenvalue weighted by Crippen LogP contribution is -2.53. The highest BCUT2D eigenvalue weighted by Gasteiger charge is 2.62. The van der Waals surface area contributed by atoms with Gasteiger partial charge >= 0.3 is 12.1 Å². The molecular formula is C25H32N2O4. The van der Waals surface area contributed by atoms with Crippen LogP contribution in [0.3, 0.4) is 0 Å². The first-order valence-electron chi connectivity index (χ1n) is 11.4. The van der Waals surface area contributed by atoms with Gasteiger partial charge in [-0.3, -0.25) is 4.90 Å². The van der Waals surface area contributed by atoms with Crippen LogP contribution in [0.1, 0.15) is 65.0 Å². The molecule has 0 aromatic heterocycles. The van der Waals surface area contributed by atoms with E-state index in [-0.39, 0.29) is 17.9 Å². The summed E-state index contributed by atoms with van der Waals surface area (Å²) in [6.07, 6.45) is 4.57. The number of carbonyl (C=O) groups is 1. The van der Waals surface area contributed by atoms with E-state index in [4.69, 9.17) is 14.2 Å².